The number of ether oxygens (including phenoxy) is 1. The second-order valence-electron chi connectivity index (χ2n) is 8.12. The van der Waals surface area contributed by atoms with E-state index in [1.54, 1.807) is 6.92 Å². The van der Waals surface area contributed by atoms with Gasteiger partial charge in [-0.1, -0.05) is 24.6 Å². The van der Waals surface area contributed by atoms with E-state index in [1.165, 1.54) is 12.1 Å². The standard InChI is InChI=1S/C21H33BFN3O2/c1-2-28-20(27)19(23)21(22,26-11-7-4-8-12-26)17-24-13-15-25(16-14-24)18-9-5-3-6-10-18/h3,5-6,9-10,19H,2,4,7-8,11-17,22H2,1H3/t19-,21-/m0/s1. The quantitative estimate of drug-likeness (QED) is 0.522. The molecule has 0 spiro atoms. The van der Waals surface area contributed by atoms with Crippen molar-refractivity contribution in [2.75, 3.05) is 57.3 Å². The summed E-state index contributed by atoms with van der Waals surface area (Å²) in [4.78, 5) is 19.1. The number of halogens is 1. The molecule has 0 aliphatic carbocycles. The van der Waals surface area contributed by atoms with Gasteiger partial charge in [-0.2, -0.15) is 0 Å². The predicted molar refractivity (Wildman–Crippen MR) is 113 cm³/mol. The Morgan fingerprint density at radius 2 is 1.75 bits per heavy atom. The second kappa shape index (κ2) is 9.74. The number of para-hydroxylation sites is 1. The molecule has 2 heterocycles. The van der Waals surface area contributed by atoms with Crippen LogP contribution in [0.5, 0.6) is 0 Å². The van der Waals surface area contributed by atoms with Crippen molar-refractivity contribution in [2.45, 2.75) is 37.8 Å². The first-order valence-corrected chi connectivity index (χ1v) is 10.6. The summed E-state index contributed by atoms with van der Waals surface area (Å²) in [5.41, 5.74) is 0.387. The van der Waals surface area contributed by atoms with Gasteiger partial charge in [0.05, 0.1) is 6.61 Å². The Hall–Kier alpha value is -1.60. The molecule has 0 aromatic heterocycles. The number of likely N-dealkylation sites (tertiary alicyclic amines) is 1. The van der Waals surface area contributed by atoms with Crippen LogP contribution in [0, 0.1) is 0 Å². The van der Waals surface area contributed by atoms with Crippen molar-refractivity contribution in [3.8, 4) is 0 Å². The molecule has 0 radical (unpaired) electrons. The Balaban J connectivity index is 1.67. The lowest BCUT2D eigenvalue weighted by molar-refractivity contribution is -0.154. The fourth-order valence-electron chi connectivity index (χ4n) is 4.47. The van der Waals surface area contributed by atoms with Gasteiger partial charge in [-0.15, -0.1) is 0 Å². The predicted octanol–water partition coefficient (Wildman–Crippen LogP) is 1.53. The Morgan fingerprint density at radius 3 is 2.36 bits per heavy atom. The van der Waals surface area contributed by atoms with Gasteiger partial charge in [-0.25, -0.2) is 9.18 Å². The van der Waals surface area contributed by atoms with Gasteiger partial charge in [-0.05, 0) is 45.0 Å². The molecule has 2 aliphatic rings. The van der Waals surface area contributed by atoms with Crippen molar-refractivity contribution in [2.24, 2.45) is 0 Å². The van der Waals surface area contributed by atoms with Crippen molar-refractivity contribution in [3.05, 3.63) is 30.3 Å². The average Bonchev–Trinajstić information content (AvgIpc) is 2.75. The maximum Gasteiger partial charge on any atom is 0.341 e. The van der Waals surface area contributed by atoms with Gasteiger partial charge in [0.15, 0.2) is 0 Å². The number of carbonyl (C=O) groups excluding carboxylic acids is 1. The van der Waals surface area contributed by atoms with Gasteiger partial charge in [-0.3, -0.25) is 4.90 Å². The molecule has 0 saturated carbocycles. The zero-order valence-electron chi connectivity index (χ0n) is 17.3. The Morgan fingerprint density at radius 1 is 1.11 bits per heavy atom. The first-order chi connectivity index (χ1) is 13.5. The van der Waals surface area contributed by atoms with Crippen LogP contribution in [0.4, 0.5) is 10.1 Å². The lowest BCUT2D eigenvalue weighted by atomic mass is 9.70. The summed E-state index contributed by atoms with van der Waals surface area (Å²) in [7, 11) is 1.91. The lowest BCUT2D eigenvalue weighted by Gasteiger charge is -2.48. The van der Waals surface area contributed by atoms with Gasteiger partial charge in [0.1, 0.15) is 7.85 Å². The van der Waals surface area contributed by atoms with Crippen molar-refractivity contribution >= 4 is 19.5 Å². The number of piperidine rings is 1. The SMILES string of the molecule is B[C@](CN1CCN(c2ccccc2)CC1)([C@@H](F)C(=O)OCC)N1CCCCC1. The molecular weight excluding hydrogens is 356 g/mol. The number of hydrogen-bond donors (Lipinski definition) is 0. The largest absolute Gasteiger partial charge is 0.464 e. The Labute approximate surface area is 169 Å². The number of benzene rings is 1. The number of hydrogen-bond acceptors (Lipinski definition) is 5. The second-order valence-corrected chi connectivity index (χ2v) is 8.12. The Bertz CT molecular complexity index is 621. The van der Waals surface area contributed by atoms with Crippen LogP contribution in [-0.4, -0.2) is 87.6 Å². The fourth-order valence-corrected chi connectivity index (χ4v) is 4.47. The molecule has 0 bridgehead atoms. The van der Waals surface area contributed by atoms with E-state index in [1.807, 2.05) is 13.9 Å². The highest BCUT2D eigenvalue weighted by Crippen LogP contribution is 2.27. The number of alkyl halides is 1. The topological polar surface area (TPSA) is 36.0 Å². The third-order valence-corrected chi connectivity index (χ3v) is 6.16. The lowest BCUT2D eigenvalue weighted by Crippen LogP contribution is -2.66. The average molecular weight is 389 g/mol. The summed E-state index contributed by atoms with van der Waals surface area (Å²) in [6.45, 7) is 7.75. The fraction of sp³-hybridized carbons (Fsp3) is 0.667. The highest BCUT2D eigenvalue weighted by atomic mass is 19.1. The summed E-state index contributed by atoms with van der Waals surface area (Å²) in [5.74, 6) is -0.724. The number of nitrogens with zero attached hydrogens (tertiary/aromatic N) is 3. The van der Waals surface area contributed by atoms with Crippen molar-refractivity contribution < 1.29 is 13.9 Å². The van der Waals surface area contributed by atoms with E-state index in [4.69, 9.17) is 4.74 Å². The number of esters is 1. The van der Waals surface area contributed by atoms with E-state index in [-0.39, 0.29) is 6.61 Å². The molecule has 5 nitrogen and oxygen atoms in total. The minimum absolute atomic E-state index is 0.213. The molecule has 2 fully saturated rings. The minimum atomic E-state index is -1.63. The summed E-state index contributed by atoms with van der Waals surface area (Å²) in [5, 5.41) is 0. The van der Waals surface area contributed by atoms with Crippen LogP contribution in [0.3, 0.4) is 0 Å². The molecule has 1 aromatic rings. The van der Waals surface area contributed by atoms with Gasteiger partial charge in [0, 0.05) is 43.8 Å². The van der Waals surface area contributed by atoms with E-state index < -0.39 is 17.6 Å². The molecule has 154 valence electrons. The molecule has 0 amide bonds. The van der Waals surface area contributed by atoms with E-state index in [0.29, 0.717) is 6.54 Å². The third kappa shape index (κ3) is 4.87. The smallest absolute Gasteiger partial charge is 0.341 e. The van der Waals surface area contributed by atoms with Crippen LogP contribution in [0.1, 0.15) is 26.2 Å². The molecule has 0 N–H and O–H groups in total. The molecule has 7 heteroatoms. The zero-order chi connectivity index (χ0) is 20.0. The van der Waals surface area contributed by atoms with E-state index in [2.05, 4.69) is 39.0 Å². The van der Waals surface area contributed by atoms with E-state index in [9.17, 15) is 4.79 Å². The highest BCUT2D eigenvalue weighted by molar-refractivity contribution is 6.18. The number of rotatable bonds is 7. The van der Waals surface area contributed by atoms with Gasteiger partial charge >= 0.3 is 5.97 Å². The molecular formula is C21H33BFN3O2. The summed E-state index contributed by atoms with van der Waals surface area (Å²) >= 11 is 0. The van der Waals surface area contributed by atoms with Gasteiger partial charge < -0.3 is 14.5 Å². The first kappa shape index (κ1) is 21.1. The maximum absolute atomic E-state index is 15.4. The van der Waals surface area contributed by atoms with E-state index in [0.717, 1.165) is 52.1 Å². The summed E-state index contributed by atoms with van der Waals surface area (Å²) < 4.78 is 20.4. The molecule has 2 atom stereocenters. The third-order valence-electron chi connectivity index (χ3n) is 6.16. The molecule has 1 aromatic carbocycles. The van der Waals surface area contributed by atoms with Crippen LogP contribution in [0.2, 0.25) is 0 Å². The number of carbonyl (C=O) groups is 1. The minimum Gasteiger partial charge on any atom is -0.464 e. The van der Waals surface area contributed by atoms with Crippen LogP contribution in [0.15, 0.2) is 30.3 Å². The van der Waals surface area contributed by atoms with Gasteiger partial charge in [0.25, 0.3) is 0 Å². The monoisotopic (exact) mass is 389 g/mol. The maximum atomic E-state index is 15.4. The Kier molecular flexibility index (Phi) is 7.35. The van der Waals surface area contributed by atoms with Crippen LogP contribution in [-0.2, 0) is 9.53 Å². The number of piperazine rings is 1. The number of anilines is 1. The van der Waals surface area contributed by atoms with Crippen molar-refractivity contribution in [1.29, 1.82) is 0 Å². The molecule has 28 heavy (non-hydrogen) atoms. The molecule has 3 rings (SSSR count). The van der Waals surface area contributed by atoms with Crippen LogP contribution < -0.4 is 4.90 Å². The summed E-state index contributed by atoms with van der Waals surface area (Å²) in [6.07, 6.45) is 1.68. The molecule has 2 aliphatic heterocycles. The van der Waals surface area contributed by atoms with E-state index >= 15 is 4.39 Å². The molecule has 2 saturated heterocycles. The zero-order valence-corrected chi connectivity index (χ0v) is 17.3. The molecule has 0 unspecified atom stereocenters. The normalized spacial score (nSPS) is 22.4. The highest BCUT2D eigenvalue weighted by Gasteiger charge is 2.46. The first-order valence-electron chi connectivity index (χ1n) is 10.6. The van der Waals surface area contributed by atoms with Crippen molar-refractivity contribution in [1.82, 2.24) is 9.80 Å². The van der Waals surface area contributed by atoms with Gasteiger partial charge in [0.2, 0.25) is 6.17 Å². The summed E-state index contributed by atoms with van der Waals surface area (Å²) in [6, 6.07) is 10.4. The van der Waals surface area contributed by atoms with Crippen LogP contribution >= 0.6 is 0 Å². The van der Waals surface area contributed by atoms with Crippen LogP contribution in [0.25, 0.3) is 0 Å². The van der Waals surface area contributed by atoms with Crippen molar-refractivity contribution in [3.63, 3.8) is 0 Å².